The minimum Gasteiger partial charge on any atom is -0.394 e. The molecule has 5 heteroatoms. The summed E-state index contributed by atoms with van der Waals surface area (Å²) in [5, 5.41) is 33.8. The molecule has 71 heavy (non-hydrogen) atoms. The zero-order valence-corrected chi connectivity index (χ0v) is 48.4. The van der Waals surface area contributed by atoms with Gasteiger partial charge < -0.3 is 20.6 Å². The molecule has 0 radical (unpaired) electrons. The maximum atomic E-state index is 12.6. The number of rotatable bonds is 61. The Kier molecular flexibility index (Phi) is 60.4. The van der Waals surface area contributed by atoms with Crippen molar-refractivity contribution in [2.24, 2.45) is 0 Å². The van der Waals surface area contributed by atoms with Crippen molar-refractivity contribution >= 4 is 5.91 Å². The van der Waals surface area contributed by atoms with Crippen molar-refractivity contribution in [3.8, 4) is 0 Å². The summed E-state index contributed by atoms with van der Waals surface area (Å²) in [6.45, 7) is 4.22. The average Bonchev–Trinajstić information content (AvgIpc) is 3.37. The highest BCUT2D eigenvalue weighted by Crippen LogP contribution is 2.19. The van der Waals surface area contributed by atoms with E-state index < -0.39 is 18.2 Å². The maximum absolute atomic E-state index is 12.6. The summed E-state index contributed by atoms with van der Waals surface area (Å²) in [6.07, 6.45) is 79.5. The number of allylic oxidation sites excluding steroid dienone is 4. The van der Waals surface area contributed by atoms with Crippen LogP contribution in [0.3, 0.4) is 0 Å². The fourth-order valence-corrected chi connectivity index (χ4v) is 10.5. The molecule has 3 unspecified atom stereocenters. The summed E-state index contributed by atoms with van der Waals surface area (Å²) in [4.78, 5) is 12.6. The quantitative estimate of drug-likeness (QED) is 0.0361. The minimum atomic E-state index is -1.16. The van der Waals surface area contributed by atoms with E-state index in [4.69, 9.17) is 0 Å². The molecule has 0 aromatic carbocycles. The average molecular weight is 1000 g/mol. The van der Waals surface area contributed by atoms with Crippen LogP contribution >= 0.6 is 0 Å². The van der Waals surface area contributed by atoms with Crippen LogP contribution in [-0.4, -0.2) is 46.1 Å². The van der Waals surface area contributed by atoms with Gasteiger partial charge in [-0.2, -0.15) is 0 Å². The van der Waals surface area contributed by atoms with Crippen LogP contribution < -0.4 is 5.32 Å². The molecule has 0 aliphatic rings. The molecule has 0 bridgehead atoms. The Labute approximate surface area is 445 Å². The lowest BCUT2D eigenvalue weighted by molar-refractivity contribution is -0.124. The van der Waals surface area contributed by atoms with Crippen molar-refractivity contribution in [3.05, 3.63) is 24.3 Å². The largest absolute Gasteiger partial charge is 0.394 e. The number of nitrogens with one attached hydrogen (secondary N) is 1. The van der Waals surface area contributed by atoms with Crippen molar-refractivity contribution in [2.45, 2.75) is 385 Å². The molecule has 422 valence electrons. The van der Waals surface area contributed by atoms with Gasteiger partial charge in [0.2, 0.25) is 5.91 Å². The van der Waals surface area contributed by atoms with E-state index >= 15 is 0 Å². The van der Waals surface area contributed by atoms with E-state index in [2.05, 4.69) is 43.5 Å². The summed E-state index contributed by atoms with van der Waals surface area (Å²) in [6, 6.07) is -0.825. The first-order valence-corrected chi connectivity index (χ1v) is 32.6. The molecular weight excluding hydrogens is 871 g/mol. The van der Waals surface area contributed by atoms with Crippen LogP contribution in [0.5, 0.6) is 0 Å². The van der Waals surface area contributed by atoms with Gasteiger partial charge in [-0.15, -0.1) is 0 Å². The summed E-state index contributed by atoms with van der Waals surface area (Å²) < 4.78 is 0. The van der Waals surface area contributed by atoms with Gasteiger partial charge in [0.15, 0.2) is 0 Å². The second-order valence-corrected chi connectivity index (χ2v) is 22.7. The molecule has 1 amide bonds. The molecule has 0 aliphatic carbocycles. The third-order valence-corrected chi connectivity index (χ3v) is 15.5. The van der Waals surface area contributed by atoms with Crippen LogP contribution in [0.4, 0.5) is 0 Å². The highest BCUT2D eigenvalue weighted by Gasteiger charge is 2.26. The zero-order chi connectivity index (χ0) is 51.4. The van der Waals surface area contributed by atoms with Gasteiger partial charge in [-0.1, -0.05) is 321 Å². The molecule has 0 fully saturated rings. The molecule has 0 aliphatic heterocycles. The lowest BCUT2D eigenvalue weighted by atomic mass is 10.0. The molecule has 0 heterocycles. The fraction of sp³-hybridized carbons (Fsp3) is 0.924. The van der Waals surface area contributed by atoms with E-state index in [0.29, 0.717) is 12.8 Å². The predicted molar refractivity (Wildman–Crippen MR) is 315 cm³/mol. The van der Waals surface area contributed by atoms with Crippen LogP contribution in [0.1, 0.15) is 367 Å². The van der Waals surface area contributed by atoms with E-state index in [1.165, 1.54) is 302 Å². The lowest BCUT2D eigenvalue weighted by Gasteiger charge is -2.26. The number of amides is 1. The fourth-order valence-electron chi connectivity index (χ4n) is 10.5. The smallest absolute Gasteiger partial charge is 0.220 e. The second kappa shape index (κ2) is 61.4. The van der Waals surface area contributed by atoms with Crippen LogP contribution in [0.25, 0.3) is 0 Å². The highest BCUT2D eigenvalue weighted by atomic mass is 16.3. The molecule has 0 spiro atoms. The molecule has 0 saturated heterocycles. The van der Waals surface area contributed by atoms with Crippen LogP contribution in [-0.2, 0) is 4.79 Å². The maximum Gasteiger partial charge on any atom is 0.220 e. The van der Waals surface area contributed by atoms with Gasteiger partial charge in [0.1, 0.15) is 6.10 Å². The number of aliphatic hydroxyl groups is 3. The van der Waals surface area contributed by atoms with Gasteiger partial charge >= 0.3 is 0 Å². The van der Waals surface area contributed by atoms with E-state index in [1.807, 2.05) is 0 Å². The second-order valence-electron chi connectivity index (χ2n) is 22.7. The molecule has 0 aromatic heterocycles. The molecule has 4 N–H and O–H groups in total. The standard InChI is InChI=1S/C66H129NO4/c1-3-5-7-9-11-13-15-17-19-21-23-25-27-28-29-30-31-32-33-34-35-36-37-38-39-41-43-45-47-49-51-53-55-57-59-61-65(70)67-63(62-68)66(71)64(69)60-58-56-54-52-50-48-46-44-42-40-26-24-22-20-18-16-14-12-10-8-6-4-2/h30-31,52,54,63-64,66,68-69,71H,3-29,32-51,53,55-62H2,1-2H3,(H,67,70)/b31-30-,54-52+. The SMILES string of the molecule is CCCCCCCCCCCCCCCC/C=C\CCCCCCCCCCCCCCCCCCCC(=O)NC(CO)C(O)C(O)CCC/C=C/CCCCCCCCCCCCCCCCCCC. The Bertz CT molecular complexity index is 1060. The van der Waals surface area contributed by atoms with Crippen LogP contribution in [0.2, 0.25) is 0 Å². The summed E-state index contributed by atoms with van der Waals surface area (Å²) >= 11 is 0. The van der Waals surface area contributed by atoms with Gasteiger partial charge in [-0.3, -0.25) is 4.79 Å². The molecular formula is C66H129NO4. The summed E-state index contributed by atoms with van der Waals surface area (Å²) in [5.41, 5.74) is 0. The monoisotopic (exact) mass is 1000 g/mol. The molecule has 5 nitrogen and oxygen atoms in total. The van der Waals surface area contributed by atoms with E-state index in [0.717, 1.165) is 38.5 Å². The molecule has 0 rings (SSSR count). The molecule has 0 aromatic rings. The van der Waals surface area contributed by atoms with Crippen molar-refractivity contribution in [1.82, 2.24) is 5.32 Å². The Morgan fingerprint density at radius 1 is 0.338 bits per heavy atom. The Hall–Kier alpha value is -1.17. The number of aliphatic hydroxyl groups excluding tert-OH is 3. The summed E-state index contributed by atoms with van der Waals surface area (Å²) in [5.74, 6) is -0.147. The zero-order valence-electron chi connectivity index (χ0n) is 48.4. The lowest BCUT2D eigenvalue weighted by Crippen LogP contribution is -2.50. The normalized spacial score (nSPS) is 13.3. The molecule has 0 saturated carbocycles. The van der Waals surface area contributed by atoms with Crippen molar-refractivity contribution in [1.29, 1.82) is 0 Å². The van der Waals surface area contributed by atoms with Crippen molar-refractivity contribution in [2.75, 3.05) is 6.61 Å². The Morgan fingerprint density at radius 3 is 0.817 bits per heavy atom. The van der Waals surface area contributed by atoms with Crippen molar-refractivity contribution < 1.29 is 20.1 Å². The van der Waals surface area contributed by atoms with E-state index in [-0.39, 0.29) is 12.5 Å². The van der Waals surface area contributed by atoms with Crippen LogP contribution in [0.15, 0.2) is 24.3 Å². The Morgan fingerprint density at radius 2 is 0.563 bits per heavy atom. The molecule has 3 atom stereocenters. The number of carbonyl (C=O) groups is 1. The third-order valence-electron chi connectivity index (χ3n) is 15.5. The Balaban J connectivity index is 3.48. The number of carbonyl (C=O) groups excluding carboxylic acids is 1. The first-order chi connectivity index (χ1) is 35.1. The number of hydrogen-bond donors (Lipinski definition) is 4. The highest BCUT2D eigenvalue weighted by molar-refractivity contribution is 5.76. The van der Waals surface area contributed by atoms with Gasteiger partial charge in [0, 0.05) is 6.42 Å². The van der Waals surface area contributed by atoms with Gasteiger partial charge in [0.05, 0.1) is 18.8 Å². The van der Waals surface area contributed by atoms with Crippen molar-refractivity contribution in [3.63, 3.8) is 0 Å². The summed E-state index contributed by atoms with van der Waals surface area (Å²) in [7, 11) is 0. The first kappa shape index (κ1) is 69.8. The van der Waals surface area contributed by atoms with Gasteiger partial charge in [0.25, 0.3) is 0 Å². The van der Waals surface area contributed by atoms with Gasteiger partial charge in [-0.25, -0.2) is 0 Å². The van der Waals surface area contributed by atoms with E-state index in [1.54, 1.807) is 0 Å². The topological polar surface area (TPSA) is 89.8 Å². The first-order valence-electron chi connectivity index (χ1n) is 32.6. The number of hydrogen-bond acceptors (Lipinski definition) is 4. The van der Waals surface area contributed by atoms with Gasteiger partial charge in [-0.05, 0) is 64.2 Å². The predicted octanol–water partition coefficient (Wildman–Crippen LogP) is 20.8. The van der Waals surface area contributed by atoms with E-state index in [9.17, 15) is 20.1 Å². The number of unbranched alkanes of at least 4 members (excludes halogenated alkanes) is 49. The minimum absolute atomic E-state index is 0.147. The van der Waals surface area contributed by atoms with Crippen LogP contribution in [0, 0.1) is 0 Å². The third kappa shape index (κ3) is 56.4.